The molecule has 1 saturated heterocycles. The van der Waals surface area contributed by atoms with E-state index in [0.29, 0.717) is 5.89 Å². The van der Waals surface area contributed by atoms with Gasteiger partial charge in [0, 0.05) is 11.1 Å². The number of benzene rings is 2. The fourth-order valence-corrected chi connectivity index (χ4v) is 2.77. The molecule has 0 aliphatic carbocycles. The molecule has 0 spiro atoms. The van der Waals surface area contributed by atoms with E-state index in [1.54, 1.807) is 0 Å². The second-order valence-corrected chi connectivity index (χ2v) is 7.20. The Kier molecular flexibility index (Phi) is 3.31. The lowest BCUT2D eigenvalue weighted by molar-refractivity contribution is -0.0895. The first-order valence-corrected chi connectivity index (χ1v) is 8.17. The van der Waals surface area contributed by atoms with Crippen LogP contribution in [0.4, 0.5) is 0 Å². The van der Waals surface area contributed by atoms with Crippen LogP contribution in [0.25, 0.3) is 22.6 Å². The number of rotatable bonds is 2. The van der Waals surface area contributed by atoms with Gasteiger partial charge in [-0.15, -0.1) is 0 Å². The van der Waals surface area contributed by atoms with Crippen LogP contribution in [0.3, 0.4) is 0 Å². The van der Waals surface area contributed by atoms with Crippen molar-refractivity contribution in [1.29, 1.82) is 0 Å². The highest BCUT2D eigenvalue weighted by molar-refractivity contribution is 5.77. The Labute approximate surface area is 141 Å². The van der Waals surface area contributed by atoms with E-state index in [2.05, 4.69) is 32.7 Å². The van der Waals surface area contributed by atoms with E-state index in [1.165, 1.54) is 0 Å². The predicted molar refractivity (Wildman–Crippen MR) is 92.5 cm³/mol. The number of ether oxygens (including phenoxy) is 2. The third-order valence-corrected chi connectivity index (χ3v) is 4.96. The summed E-state index contributed by atoms with van der Waals surface area (Å²) in [5, 5.41) is 0. The molecule has 1 aliphatic rings. The molecule has 2 heterocycles. The minimum absolute atomic E-state index is 0.356. The van der Waals surface area contributed by atoms with Gasteiger partial charge in [0.05, 0.1) is 11.2 Å². The van der Waals surface area contributed by atoms with Gasteiger partial charge in [-0.25, -0.2) is 4.98 Å². The number of aromatic nitrogens is 1. The highest BCUT2D eigenvalue weighted by atomic mass is 16.7. The van der Waals surface area contributed by atoms with Gasteiger partial charge in [-0.05, 0) is 52.0 Å². The van der Waals surface area contributed by atoms with Crippen molar-refractivity contribution in [2.24, 2.45) is 0 Å². The molecular weight excluding hydrogens is 302 g/mol. The van der Waals surface area contributed by atoms with Crippen LogP contribution in [-0.2, 0) is 9.47 Å². The van der Waals surface area contributed by atoms with E-state index in [1.807, 2.05) is 48.5 Å². The average molecular weight is 323 g/mol. The van der Waals surface area contributed by atoms with Gasteiger partial charge in [0.1, 0.15) is 5.52 Å². The summed E-state index contributed by atoms with van der Waals surface area (Å²) < 4.78 is 18.1. The molecule has 2 aromatic carbocycles. The first-order chi connectivity index (χ1) is 11.4. The summed E-state index contributed by atoms with van der Waals surface area (Å²) in [7, 11) is 0. The van der Waals surface area contributed by atoms with Crippen LogP contribution in [0, 0.1) is 0 Å². The first-order valence-electron chi connectivity index (χ1n) is 8.17. The van der Waals surface area contributed by atoms with Crippen molar-refractivity contribution in [2.45, 2.75) is 45.2 Å². The van der Waals surface area contributed by atoms with Crippen LogP contribution < -0.4 is 0 Å². The Balaban J connectivity index is 1.70. The molecule has 0 amide bonds. The maximum Gasteiger partial charge on any atom is 0.227 e. The van der Waals surface area contributed by atoms with Gasteiger partial charge in [-0.1, -0.05) is 24.3 Å². The van der Waals surface area contributed by atoms with Crippen LogP contribution in [0.2, 0.25) is 0 Å². The minimum atomic E-state index is -0.392. The second kappa shape index (κ2) is 5.16. The zero-order chi connectivity index (χ0) is 16.9. The standard InChI is InChI=1S/C20H21NO3/c1-19(2)20(3,4)24-18(23-19)14-10-11-16-15(12-14)21-17(22-16)13-8-6-5-7-9-13/h5-12,18H,1-4H3. The molecule has 0 unspecified atom stereocenters. The smallest absolute Gasteiger partial charge is 0.227 e. The van der Waals surface area contributed by atoms with Crippen molar-refractivity contribution < 1.29 is 13.9 Å². The van der Waals surface area contributed by atoms with Crippen molar-refractivity contribution >= 4 is 11.1 Å². The molecule has 4 nitrogen and oxygen atoms in total. The van der Waals surface area contributed by atoms with Crippen LogP contribution >= 0.6 is 0 Å². The number of oxazole rings is 1. The molecule has 0 radical (unpaired) electrons. The van der Waals surface area contributed by atoms with Crippen molar-refractivity contribution in [3.63, 3.8) is 0 Å². The number of hydrogen-bond acceptors (Lipinski definition) is 4. The predicted octanol–water partition coefficient (Wildman–Crippen LogP) is 5.10. The third-order valence-electron chi connectivity index (χ3n) is 4.96. The summed E-state index contributed by atoms with van der Waals surface area (Å²) in [6.07, 6.45) is -0.392. The fraction of sp³-hybridized carbons (Fsp3) is 0.350. The maximum atomic E-state index is 6.11. The van der Waals surface area contributed by atoms with Crippen LogP contribution in [0.15, 0.2) is 52.9 Å². The summed E-state index contributed by atoms with van der Waals surface area (Å²) in [6.45, 7) is 8.20. The molecule has 24 heavy (non-hydrogen) atoms. The van der Waals surface area contributed by atoms with Crippen molar-refractivity contribution in [3.8, 4) is 11.5 Å². The molecular formula is C20H21NO3. The van der Waals surface area contributed by atoms with Gasteiger partial charge in [0.25, 0.3) is 0 Å². The van der Waals surface area contributed by atoms with Gasteiger partial charge in [0.2, 0.25) is 5.89 Å². The van der Waals surface area contributed by atoms with Crippen LogP contribution in [-0.4, -0.2) is 16.2 Å². The zero-order valence-electron chi connectivity index (χ0n) is 14.4. The van der Waals surface area contributed by atoms with Gasteiger partial charge in [-0.2, -0.15) is 0 Å². The van der Waals surface area contributed by atoms with Gasteiger partial charge < -0.3 is 13.9 Å². The Morgan fingerprint density at radius 1 is 0.875 bits per heavy atom. The molecule has 0 atom stereocenters. The molecule has 1 aliphatic heterocycles. The number of fused-ring (bicyclic) bond motifs is 1. The lowest BCUT2D eigenvalue weighted by Gasteiger charge is -2.30. The van der Waals surface area contributed by atoms with Crippen molar-refractivity contribution in [2.75, 3.05) is 0 Å². The summed E-state index contributed by atoms with van der Waals surface area (Å²) >= 11 is 0. The largest absolute Gasteiger partial charge is 0.436 e. The quantitative estimate of drug-likeness (QED) is 0.658. The lowest BCUT2D eigenvalue weighted by atomic mass is 9.90. The SMILES string of the molecule is CC1(C)OC(c2ccc3oc(-c4ccccc4)nc3c2)OC1(C)C. The highest BCUT2D eigenvalue weighted by Crippen LogP contribution is 2.45. The molecule has 4 heteroatoms. The maximum absolute atomic E-state index is 6.11. The van der Waals surface area contributed by atoms with E-state index in [0.717, 1.165) is 22.2 Å². The normalized spacial score (nSPS) is 19.8. The van der Waals surface area contributed by atoms with E-state index in [-0.39, 0.29) is 11.2 Å². The fourth-order valence-electron chi connectivity index (χ4n) is 2.77. The Morgan fingerprint density at radius 2 is 1.54 bits per heavy atom. The van der Waals surface area contributed by atoms with Gasteiger partial charge in [0.15, 0.2) is 11.9 Å². The minimum Gasteiger partial charge on any atom is -0.436 e. The van der Waals surface area contributed by atoms with E-state index < -0.39 is 6.29 Å². The van der Waals surface area contributed by atoms with Crippen molar-refractivity contribution in [1.82, 2.24) is 4.98 Å². The lowest BCUT2D eigenvalue weighted by Crippen LogP contribution is -2.41. The second-order valence-electron chi connectivity index (χ2n) is 7.20. The summed E-state index contributed by atoms with van der Waals surface area (Å²) in [6, 6.07) is 15.8. The van der Waals surface area contributed by atoms with Gasteiger partial charge >= 0.3 is 0 Å². The molecule has 1 fully saturated rings. The van der Waals surface area contributed by atoms with E-state index in [9.17, 15) is 0 Å². The molecule has 4 rings (SSSR count). The van der Waals surface area contributed by atoms with Gasteiger partial charge in [-0.3, -0.25) is 0 Å². The van der Waals surface area contributed by atoms with E-state index >= 15 is 0 Å². The Morgan fingerprint density at radius 3 is 2.21 bits per heavy atom. The monoisotopic (exact) mass is 323 g/mol. The molecule has 0 bridgehead atoms. The van der Waals surface area contributed by atoms with Crippen LogP contribution in [0.5, 0.6) is 0 Å². The molecule has 0 saturated carbocycles. The molecule has 1 aromatic heterocycles. The zero-order valence-corrected chi connectivity index (χ0v) is 14.4. The molecule has 3 aromatic rings. The first kappa shape index (κ1) is 15.4. The average Bonchev–Trinajstić information content (AvgIpc) is 3.06. The summed E-state index contributed by atoms with van der Waals surface area (Å²) in [5.74, 6) is 0.622. The number of nitrogens with zero attached hydrogens (tertiary/aromatic N) is 1. The van der Waals surface area contributed by atoms with Crippen LogP contribution in [0.1, 0.15) is 39.5 Å². The molecule has 124 valence electrons. The summed E-state index contributed by atoms with van der Waals surface area (Å²) in [4.78, 5) is 4.61. The topological polar surface area (TPSA) is 44.5 Å². The highest BCUT2D eigenvalue weighted by Gasteiger charge is 2.49. The summed E-state index contributed by atoms with van der Waals surface area (Å²) in [5.41, 5.74) is 2.77. The molecule has 0 N–H and O–H groups in total. The van der Waals surface area contributed by atoms with Crippen molar-refractivity contribution in [3.05, 3.63) is 54.1 Å². The third kappa shape index (κ3) is 2.43. The van der Waals surface area contributed by atoms with E-state index in [4.69, 9.17) is 13.9 Å². The Hall–Kier alpha value is -2.17. The Bertz CT molecular complexity index is 864. The number of hydrogen-bond donors (Lipinski definition) is 0.